The first-order valence-electron chi connectivity index (χ1n) is 30.1. The normalized spacial score (nSPS) is 19.7. The largest absolute Gasteiger partial charge is 0.394 e. The van der Waals surface area contributed by atoms with E-state index in [1.54, 1.807) is 0 Å². The second kappa shape index (κ2) is 52.1. The van der Waals surface area contributed by atoms with E-state index in [1.807, 2.05) is 0 Å². The van der Waals surface area contributed by atoms with E-state index in [-0.39, 0.29) is 12.5 Å². The van der Waals surface area contributed by atoms with Crippen LogP contribution in [0.3, 0.4) is 0 Å². The van der Waals surface area contributed by atoms with Crippen LogP contribution >= 0.6 is 0 Å². The highest BCUT2D eigenvalue weighted by Crippen LogP contribution is 2.23. The van der Waals surface area contributed by atoms with E-state index in [9.17, 15) is 30.3 Å². The van der Waals surface area contributed by atoms with Crippen LogP contribution in [0.5, 0.6) is 0 Å². The molecule has 0 saturated carbocycles. The maximum Gasteiger partial charge on any atom is 0.220 e. The number of carbonyl (C=O) groups is 1. The van der Waals surface area contributed by atoms with Crippen molar-refractivity contribution in [2.45, 2.75) is 307 Å². The molecular formula is C63H113NO8. The highest BCUT2D eigenvalue weighted by Gasteiger charge is 2.44. The van der Waals surface area contributed by atoms with Crippen LogP contribution < -0.4 is 5.32 Å². The molecule has 1 fully saturated rings. The first-order valence-corrected chi connectivity index (χ1v) is 30.1. The molecule has 1 saturated heterocycles. The number of allylic oxidation sites excluding steroid dienone is 12. The van der Waals surface area contributed by atoms with E-state index in [2.05, 4.69) is 92.1 Å². The standard InChI is InChI=1S/C63H113NO8/c1-3-5-7-9-11-13-15-17-19-20-21-22-23-24-25-26-27-28-29-30-31-32-33-34-35-36-37-38-39-41-43-45-47-49-51-53-59(67)64-56(55-71-63-62(70)61(69)60(68)58(54-65)72-63)57(66)52-50-48-46-44-42-40-18-16-14-12-10-8-6-4-2/h5,7,11,13,17,19,21-22,24-25,27-28,56-58,60-63,65-66,68-70H,3-4,6,8-10,12,14-16,18,20,23,26,29-55H2,1-2H3,(H,64,67)/b7-5-,13-11-,19-17-,22-21-,25-24-,28-27-. The second-order valence-electron chi connectivity index (χ2n) is 20.8. The number of aliphatic hydroxyl groups is 5. The van der Waals surface area contributed by atoms with E-state index in [0.29, 0.717) is 12.8 Å². The van der Waals surface area contributed by atoms with Gasteiger partial charge in [-0.3, -0.25) is 4.79 Å². The number of carbonyl (C=O) groups excluding carboxylic acids is 1. The Hall–Kier alpha value is -2.37. The quantitative estimate of drug-likeness (QED) is 0.0261. The Kier molecular flexibility index (Phi) is 48.9. The molecule has 1 aliphatic rings. The van der Waals surface area contributed by atoms with Gasteiger partial charge in [0.2, 0.25) is 5.91 Å². The molecule has 9 heteroatoms. The zero-order valence-corrected chi connectivity index (χ0v) is 46.4. The Bertz CT molecular complexity index is 1360. The topological polar surface area (TPSA) is 149 Å². The molecule has 1 amide bonds. The molecule has 7 atom stereocenters. The lowest BCUT2D eigenvalue weighted by Crippen LogP contribution is -2.60. The predicted octanol–water partition coefficient (Wildman–Crippen LogP) is 15.2. The Balaban J connectivity index is 2.11. The fourth-order valence-corrected chi connectivity index (χ4v) is 9.34. The van der Waals surface area contributed by atoms with Crippen molar-refractivity contribution in [1.82, 2.24) is 5.32 Å². The van der Waals surface area contributed by atoms with Gasteiger partial charge in [-0.25, -0.2) is 0 Å². The fourth-order valence-electron chi connectivity index (χ4n) is 9.34. The van der Waals surface area contributed by atoms with Gasteiger partial charge in [-0.15, -0.1) is 0 Å². The summed E-state index contributed by atoms with van der Waals surface area (Å²) in [7, 11) is 0. The van der Waals surface area contributed by atoms with Crippen LogP contribution in [-0.2, 0) is 14.3 Å². The van der Waals surface area contributed by atoms with Gasteiger partial charge < -0.3 is 40.3 Å². The minimum Gasteiger partial charge on any atom is -0.394 e. The van der Waals surface area contributed by atoms with Gasteiger partial charge in [0.15, 0.2) is 6.29 Å². The number of nitrogens with one attached hydrogen (secondary N) is 1. The van der Waals surface area contributed by atoms with Gasteiger partial charge in [-0.1, -0.05) is 267 Å². The number of ether oxygens (including phenoxy) is 2. The molecule has 0 aromatic heterocycles. The molecule has 7 unspecified atom stereocenters. The summed E-state index contributed by atoms with van der Waals surface area (Å²) in [4.78, 5) is 13.1. The number of hydrogen-bond acceptors (Lipinski definition) is 8. The number of aliphatic hydroxyl groups excluding tert-OH is 5. The zero-order chi connectivity index (χ0) is 52.2. The van der Waals surface area contributed by atoms with Gasteiger partial charge in [0.25, 0.3) is 0 Å². The Morgan fingerprint density at radius 1 is 0.486 bits per heavy atom. The third-order valence-corrected chi connectivity index (χ3v) is 14.1. The van der Waals surface area contributed by atoms with E-state index in [4.69, 9.17) is 9.47 Å². The smallest absolute Gasteiger partial charge is 0.220 e. The SMILES string of the molecule is CC/C=C\C/C=C\C/C=C\C/C=C\C/C=C\C/C=C\CCCCCCCCCCCCCCCCCCC(=O)NC(COC1OC(CO)C(O)C(O)C1O)C(O)CCCCCCCCCCCCCCCC. The highest BCUT2D eigenvalue weighted by molar-refractivity contribution is 5.76. The van der Waals surface area contributed by atoms with Gasteiger partial charge >= 0.3 is 0 Å². The molecule has 72 heavy (non-hydrogen) atoms. The van der Waals surface area contributed by atoms with Gasteiger partial charge in [0.1, 0.15) is 24.4 Å². The van der Waals surface area contributed by atoms with Crippen LogP contribution in [0.2, 0.25) is 0 Å². The first-order chi connectivity index (χ1) is 35.3. The minimum atomic E-state index is -1.55. The molecule has 0 bridgehead atoms. The predicted molar refractivity (Wildman–Crippen MR) is 304 cm³/mol. The average Bonchev–Trinajstić information content (AvgIpc) is 3.38. The molecule has 1 heterocycles. The van der Waals surface area contributed by atoms with Crippen LogP contribution in [0.15, 0.2) is 72.9 Å². The third kappa shape index (κ3) is 40.9. The third-order valence-electron chi connectivity index (χ3n) is 14.1. The molecule has 418 valence electrons. The van der Waals surface area contributed by atoms with Crippen molar-refractivity contribution in [3.8, 4) is 0 Å². The molecule has 0 aromatic carbocycles. The van der Waals surface area contributed by atoms with Gasteiger partial charge in [-0.05, 0) is 64.2 Å². The number of rotatable bonds is 51. The van der Waals surface area contributed by atoms with Gasteiger partial charge in [-0.2, -0.15) is 0 Å². The van der Waals surface area contributed by atoms with E-state index in [1.165, 1.54) is 161 Å². The maximum absolute atomic E-state index is 13.1. The molecular weight excluding hydrogens is 899 g/mol. The summed E-state index contributed by atoms with van der Waals surface area (Å²) in [5.74, 6) is -0.144. The van der Waals surface area contributed by atoms with Gasteiger partial charge in [0.05, 0.1) is 25.4 Å². The fraction of sp³-hybridized carbons (Fsp3) is 0.794. The molecule has 1 rings (SSSR count). The van der Waals surface area contributed by atoms with Crippen molar-refractivity contribution >= 4 is 5.91 Å². The lowest BCUT2D eigenvalue weighted by molar-refractivity contribution is -0.302. The first kappa shape index (κ1) is 67.6. The van der Waals surface area contributed by atoms with Crippen LogP contribution in [0.4, 0.5) is 0 Å². The van der Waals surface area contributed by atoms with Crippen molar-refractivity contribution in [3.05, 3.63) is 72.9 Å². The molecule has 1 aliphatic heterocycles. The molecule has 0 spiro atoms. The summed E-state index contributed by atoms with van der Waals surface area (Å²) < 4.78 is 11.3. The lowest BCUT2D eigenvalue weighted by Gasteiger charge is -2.40. The lowest BCUT2D eigenvalue weighted by atomic mass is 9.99. The second-order valence-corrected chi connectivity index (χ2v) is 20.8. The summed E-state index contributed by atoms with van der Waals surface area (Å²) in [6, 6.07) is -0.720. The van der Waals surface area contributed by atoms with Crippen LogP contribution in [-0.4, -0.2) is 87.5 Å². The van der Waals surface area contributed by atoms with Crippen LogP contribution in [0.25, 0.3) is 0 Å². The molecule has 0 aliphatic carbocycles. The van der Waals surface area contributed by atoms with E-state index >= 15 is 0 Å². The average molecular weight is 1010 g/mol. The monoisotopic (exact) mass is 1010 g/mol. The molecule has 6 N–H and O–H groups in total. The number of hydrogen-bond donors (Lipinski definition) is 6. The summed E-state index contributed by atoms with van der Waals surface area (Å²) in [5, 5.41) is 54.6. The van der Waals surface area contributed by atoms with Crippen molar-refractivity contribution in [2.75, 3.05) is 13.2 Å². The molecule has 9 nitrogen and oxygen atoms in total. The van der Waals surface area contributed by atoms with Gasteiger partial charge in [0, 0.05) is 6.42 Å². The van der Waals surface area contributed by atoms with Crippen molar-refractivity contribution in [1.29, 1.82) is 0 Å². The van der Waals surface area contributed by atoms with Crippen molar-refractivity contribution in [2.24, 2.45) is 0 Å². The summed E-state index contributed by atoms with van der Waals surface area (Å²) in [5.41, 5.74) is 0. The number of amides is 1. The zero-order valence-electron chi connectivity index (χ0n) is 46.4. The van der Waals surface area contributed by atoms with Crippen molar-refractivity contribution < 1.29 is 39.8 Å². The van der Waals surface area contributed by atoms with Crippen LogP contribution in [0, 0.1) is 0 Å². The summed E-state index contributed by atoms with van der Waals surface area (Å²) in [6.45, 7) is 3.73. The van der Waals surface area contributed by atoms with Crippen molar-refractivity contribution in [3.63, 3.8) is 0 Å². The number of unbranched alkanes of at least 4 members (excludes halogenated alkanes) is 29. The highest BCUT2D eigenvalue weighted by atomic mass is 16.7. The summed E-state index contributed by atoms with van der Waals surface area (Å²) in [6.07, 6.45) is 65.1. The molecule has 0 aromatic rings. The Labute approximate surface area is 442 Å². The Morgan fingerprint density at radius 3 is 1.28 bits per heavy atom. The van der Waals surface area contributed by atoms with Crippen LogP contribution in [0.1, 0.15) is 264 Å². The maximum atomic E-state index is 13.1. The van der Waals surface area contributed by atoms with E-state index < -0.39 is 49.5 Å². The summed E-state index contributed by atoms with van der Waals surface area (Å²) >= 11 is 0. The minimum absolute atomic E-state index is 0.138. The molecule has 0 radical (unpaired) electrons. The van der Waals surface area contributed by atoms with E-state index in [0.717, 1.165) is 77.0 Å². The Morgan fingerprint density at radius 2 is 0.861 bits per heavy atom.